The van der Waals surface area contributed by atoms with Crippen LogP contribution in [-0.2, 0) is 16.0 Å². The fourth-order valence-electron chi connectivity index (χ4n) is 4.62. The molecule has 2 fully saturated rings. The first-order valence-electron chi connectivity index (χ1n) is 11.2. The van der Waals surface area contributed by atoms with E-state index in [2.05, 4.69) is 5.32 Å². The highest BCUT2D eigenvalue weighted by molar-refractivity contribution is 6.31. The van der Waals surface area contributed by atoms with Crippen LogP contribution in [0.3, 0.4) is 0 Å². The van der Waals surface area contributed by atoms with Crippen molar-refractivity contribution in [3.05, 3.63) is 70.5 Å². The number of halogens is 2. The monoisotopic (exact) mass is 458 g/mol. The Morgan fingerprint density at radius 2 is 1.81 bits per heavy atom. The fraction of sp³-hybridized carbons (Fsp3) is 0.440. The van der Waals surface area contributed by atoms with Crippen molar-refractivity contribution in [1.82, 2.24) is 10.2 Å². The highest BCUT2D eigenvalue weighted by Crippen LogP contribution is 2.39. The van der Waals surface area contributed by atoms with Crippen LogP contribution < -0.4 is 5.32 Å². The third-order valence-corrected chi connectivity index (χ3v) is 6.91. The van der Waals surface area contributed by atoms with Gasteiger partial charge in [-0.2, -0.15) is 0 Å². The van der Waals surface area contributed by atoms with E-state index >= 15 is 0 Å². The Bertz CT molecular complexity index is 975. The molecule has 2 amide bonds. The summed E-state index contributed by atoms with van der Waals surface area (Å²) in [5.41, 5.74) is 0.812. The van der Waals surface area contributed by atoms with Gasteiger partial charge in [-0.3, -0.25) is 9.59 Å². The molecule has 1 spiro atoms. The molecule has 32 heavy (non-hydrogen) atoms. The number of rotatable bonds is 6. The van der Waals surface area contributed by atoms with E-state index in [4.69, 9.17) is 16.3 Å². The minimum Gasteiger partial charge on any atom is -0.370 e. The molecular weight excluding hydrogens is 431 g/mol. The number of nitrogens with one attached hydrogen (secondary N) is 1. The lowest BCUT2D eigenvalue weighted by Crippen LogP contribution is -2.47. The second kappa shape index (κ2) is 10.0. The van der Waals surface area contributed by atoms with Crippen molar-refractivity contribution in [3.8, 4) is 0 Å². The largest absolute Gasteiger partial charge is 0.370 e. The fourth-order valence-corrected chi connectivity index (χ4v) is 4.85. The second-order valence-electron chi connectivity index (χ2n) is 8.62. The maximum atomic E-state index is 13.8. The average molecular weight is 459 g/mol. The first-order chi connectivity index (χ1) is 15.5. The highest BCUT2D eigenvalue weighted by Gasteiger charge is 2.43. The highest BCUT2D eigenvalue weighted by atomic mass is 35.5. The van der Waals surface area contributed by atoms with Gasteiger partial charge in [-0.15, -0.1) is 0 Å². The molecule has 4 rings (SSSR count). The lowest BCUT2D eigenvalue weighted by molar-refractivity contribution is -0.137. The van der Waals surface area contributed by atoms with Gasteiger partial charge in [-0.1, -0.05) is 41.9 Å². The predicted molar refractivity (Wildman–Crippen MR) is 121 cm³/mol. The van der Waals surface area contributed by atoms with Gasteiger partial charge in [0.1, 0.15) is 5.82 Å². The number of piperidine rings is 1. The van der Waals surface area contributed by atoms with Crippen molar-refractivity contribution in [1.29, 1.82) is 0 Å². The van der Waals surface area contributed by atoms with Crippen LogP contribution in [0.2, 0.25) is 5.02 Å². The van der Waals surface area contributed by atoms with Crippen molar-refractivity contribution in [2.24, 2.45) is 0 Å². The van der Waals surface area contributed by atoms with Crippen molar-refractivity contribution in [3.63, 3.8) is 0 Å². The first kappa shape index (κ1) is 22.7. The Balaban J connectivity index is 1.22. The van der Waals surface area contributed by atoms with Crippen LogP contribution in [0.4, 0.5) is 4.39 Å². The summed E-state index contributed by atoms with van der Waals surface area (Å²) in [4.78, 5) is 26.8. The van der Waals surface area contributed by atoms with E-state index in [1.165, 1.54) is 12.1 Å². The number of hydrogen-bond acceptors (Lipinski definition) is 3. The van der Waals surface area contributed by atoms with Crippen molar-refractivity contribution >= 4 is 23.4 Å². The number of carbonyl (C=O) groups is 2. The summed E-state index contributed by atoms with van der Waals surface area (Å²) in [5.74, 6) is -0.807. The average Bonchev–Trinajstić information content (AvgIpc) is 3.20. The summed E-state index contributed by atoms with van der Waals surface area (Å²) in [6.45, 7) is 1.71. The molecule has 0 radical (unpaired) electrons. The molecule has 2 heterocycles. The Kier molecular flexibility index (Phi) is 7.11. The Morgan fingerprint density at radius 1 is 1.09 bits per heavy atom. The Morgan fingerprint density at radius 3 is 2.56 bits per heavy atom. The van der Waals surface area contributed by atoms with E-state index in [9.17, 15) is 14.0 Å². The molecule has 0 bridgehead atoms. The van der Waals surface area contributed by atoms with E-state index in [-0.39, 0.29) is 23.2 Å². The van der Waals surface area contributed by atoms with Crippen LogP contribution >= 0.6 is 11.6 Å². The van der Waals surface area contributed by atoms with E-state index in [0.717, 1.165) is 31.2 Å². The van der Waals surface area contributed by atoms with Crippen LogP contribution in [0.1, 0.15) is 48.0 Å². The van der Waals surface area contributed by atoms with E-state index in [1.807, 2.05) is 29.2 Å². The molecule has 5 nitrogen and oxygen atoms in total. The summed E-state index contributed by atoms with van der Waals surface area (Å²) in [6.07, 6.45) is 4.34. The molecule has 0 aliphatic carbocycles. The summed E-state index contributed by atoms with van der Waals surface area (Å²) in [6, 6.07) is 13.6. The smallest absolute Gasteiger partial charge is 0.254 e. The van der Waals surface area contributed by atoms with Gasteiger partial charge >= 0.3 is 0 Å². The second-order valence-corrected chi connectivity index (χ2v) is 9.03. The molecule has 1 atom stereocenters. The van der Waals surface area contributed by atoms with Crippen LogP contribution in [0.15, 0.2) is 48.5 Å². The van der Waals surface area contributed by atoms with Gasteiger partial charge in [-0.05, 0) is 55.9 Å². The van der Waals surface area contributed by atoms with Crippen molar-refractivity contribution in [2.75, 3.05) is 19.6 Å². The molecule has 0 saturated carbocycles. The molecule has 1 N–H and O–H groups in total. The Labute approximate surface area is 192 Å². The number of benzene rings is 2. The molecular formula is C25H28ClFN2O3. The third-order valence-electron chi connectivity index (χ3n) is 6.54. The van der Waals surface area contributed by atoms with Gasteiger partial charge in [-0.25, -0.2) is 4.39 Å². The van der Waals surface area contributed by atoms with Gasteiger partial charge < -0.3 is 15.0 Å². The maximum Gasteiger partial charge on any atom is 0.254 e. The molecule has 1 unspecified atom stereocenters. The minimum absolute atomic E-state index is 0.0452. The van der Waals surface area contributed by atoms with E-state index in [0.29, 0.717) is 37.5 Å². The van der Waals surface area contributed by atoms with Gasteiger partial charge in [0, 0.05) is 31.1 Å². The first-order valence-corrected chi connectivity index (χ1v) is 11.6. The SMILES string of the molecule is O=C(NCC1CCC2(CCN(C(=O)CCc3ccccc3Cl)CC2)O1)c1ccccc1F. The summed E-state index contributed by atoms with van der Waals surface area (Å²) >= 11 is 6.19. The summed E-state index contributed by atoms with van der Waals surface area (Å²) in [5, 5.41) is 3.49. The van der Waals surface area contributed by atoms with Gasteiger partial charge in [0.2, 0.25) is 5.91 Å². The zero-order valence-electron chi connectivity index (χ0n) is 18.0. The number of ether oxygens (including phenoxy) is 1. The lowest BCUT2D eigenvalue weighted by atomic mass is 9.88. The zero-order valence-corrected chi connectivity index (χ0v) is 18.7. The van der Waals surface area contributed by atoms with Crippen molar-refractivity contribution < 1.29 is 18.7 Å². The lowest BCUT2D eigenvalue weighted by Gasteiger charge is -2.39. The minimum atomic E-state index is -0.527. The molecule has 7 heteroatoms. The maximum absolute atomic E-state index is 13.8. The van der Waals surface area contributed by atoms with Crippen LogP contribution in [0.25, 0.3) is 0 Å². The molecule has 2 saturated heterocycles. The van der Waals surface area contributed by atoms with Gasteiger partial charge in [0.15, 0.2) is 0 Å². The quantitative estimate of drug-likeness (QED) is 0.698. The molecule has 0 aromatic heterocycles. The van der Waals surface area contributed by atoms with Crippen molar-refractivity contribution in [2.45, 2.75) is 50.2 Å². The molecule has 170 valence electrons. The molecule has 2 aliphatic heterocycles. The molecule has 2 aliphatic rings. The topological polar surface area (TPSA) is 58.6 Å². The van der Waals surface area contributed by atoms with E-state index in [1.54, 1.807) is 12.1 Å². The van der Waals surface area contributed by atoms with Crippen LogP contribution in [0, 0.1) is 5.82 Å². The van der Waals surface area contributed by atoms with E-state index < -0.39 is 11.7 Å². The number of amides is 2. The number of hydrogen-bond donors (Lipinski definition) is 1. The molecule has 2 aromatic carbocycles. The Hall–Kier alpha value is -2.44. The number of aryl methyl sites for hydroxylation is 1. The van der Waals surface area contributed by atoms with Crippen LogP contribution in [0.5, 0.6) is 0 Å². The van der Waals surface area contributed by atoms with Crippen LogP contribution in [-0.4, -0.2) is 48.1 Å². The standard InChI is InChI=1S/C25H28ClFN2O3/c26-21-7-3-1-5-18(21)9-10-23(30)29-15-13-25(14-16-29)12-11-19(32-25)17-28-24(31)20-6-2-4-8-22(20)27/h1-8,19H,9-17H2,(H,28,31). The number of likely N-dealkylation sites (tertiary alicyclic amines) is 1. The predicted octanol–water partition coefficient (Wildman–Crippen LogP) is 4.38. The zero-order chi connectivity index (χ0) is 22.6. The van der Waals surface area contributed by atoms with Gasteiger partial charge in [0.25, 0.3) is 5.91 Å². The number of carbonyl (C=O) groups excluding carboxylic acids is 2. The number of nitrogens with zero attached hydrogens (tertiary/aromatic N) is 1. The van der Waals surface area contributed by atoms with Gasteiger partial charge in [0.05, 0.1) is 17.3 Å². The normalized spacial score (nSPS) is 19.8. The summed E-state index contributed by atoms with van der Waals surface area (Å²) in [7, 11) is 0. The third kappa shape index (κ3) is 5.30. The summed E-state index contributed by atoms with van der Waals surface area (Å²) < 4.78 is 20.1. The molecule has 2 aromatic rings.